The molecule has 0 fully saturated rings. The molecule has 122 valence electrons. The third-order valence-corrected chi connectivity index (χ3v) is 3.94. The van der Waals surface area contributed by atoms with Crippen molar-refractivity contribution in [2.75, 3.05) is 7.11 Å². The van der Waals surface area contributed by atoms with Gasteiger partial charge in [0, 0.05) is 12.8 Å². The molecule has 0 aliphatic carbocycles. The van der Waals surface area contributed by atoms with E-state index in [4.69, 9.17) is 4.74 Å². The summed E-state index contributed by atoms with van der Waals surface area (Å²) in [5.41, 5.74) is 2.25. The van der Waals surface area contributed by atoms with E-state index >= 15 is 0 Å². The van der Waals surface area contributed by atoms with Gasteiger partial charge >= 0.3 is 11.8 Å². The van der Waals surface area contributed by atoms with E-state index in [-0.39, 0.29) is 5.90 Å². The van der Waals surface area contributed by atoms with E-state index in [2.05, 4.69) is 4.99 Å². The lowest BCUT2D eigenvalue weighted by Gasteiger charge is -2.21. The van der Waals surface area contributed by atoms with Crippen molar-refractivity contribution in [2.45, 2.75) is 18.9 Å². The number of nitrogens with zero attached hydrogens (tertiary/aromatic N) is 2. The molecule has 24 heavy (non-hydrogen) atoms. The first-order valence-electron chi connectivity index (χ1n) is 7.76. The van der Waals surface area contributed by atoms with Crippen molar-refractivity contribution in [1.82, 2.24) is 0 Å². The van der Waals surface area contributed by atoms with E-state index in [1.165, 1.54) is 7.11 Å². The first-order chi connectivity index (χ1) is 11.7. The van der Waals surface area contributed by atoms with Crippen LogP contribution in [0.15, 0.2) is 65.7 Å². The monoisotopic (exact) mass is 322 g/mol. The average molecular weight is 322 g/mol. The van der Waals surface area contributed by atoms with Crippen LogP contribution in [0.4, 0.5) is 0 Å². The van der Waals surface area contributed by atoms with Gasteiger partial charge in [-0.05, 0) is 11.1 Å². The number of rotatable bonds is 4. The summed E-state index contributed by atoms with van der Waals surface area (Å²) < 4.78 is 5.90. The second kappa shape index (κ2) is 7.08. The minimum Gasteiger partial charge on any atom is -0.620 e. The van der Waals surface area contributed by atoms with Gasteiger partial charge in [-0.25, -0.2) is 4.99 Å². The van der Waals surface area contributed by atoms with Crippen LogP contribution >= 0.6 is 0 Å². The van der Waals surface area contributed by atoms with E-state index < -0.39 is 11.9 Å². The maximum Gasteiger partial charge on any atom is 0.397 e. The highest BCUT2D eigenvalue weighted by atomic mass is 16.5. The van der Waals surface area contributed by atoms with Crippen molar-refractivity contribution in [2.24, 2.45) is 4.99 Å². The molecule has 1 unspecified atom stereocenters. The Morgan fingerprint density at radius 1 is 1.04 bits per heavy atom. The molecule has 0 N–H and O–H groups in total. The molecule has 0 saturated carbocycles. The molecule has 1 heterocycles. The maximum absolute atomic E-state index is 12.6. The minimum atomic E-state index is -0.887. The number of aliphatic imine (C=N–C) groups is 1. The average Bonchev–Trinajstić information content (AvgIpc) is 2.61. The number of benzene rings is 2. The largest absolute Gasteiger partial charge is 0.620 e. The molecule has 5 nitrogen and oxygen atoms in total. The summed E-state index contributed by atoms with van der Waals surface area (Å²) in [6, 6.07) is 18.1. The molecule has 1 aliphatic heterocycles. The van der Waals surface area contributed by atoms with Crippen LogP contribution in [-0.4, -0.2) is 35.4 Å². The second-order valence-electron chi connectivity index (χ2n) is 5.60. The Labute approximate surface area is 140 Å². The number of amides is 1. The summed E-state index contributed by atoms with van der Waals surface area (Å²) in [5.74, 6) is -0.319. The Morgan fingerprint density at radius 3 is 2.21 bits per heavy atom. The molecule has 1 atom stereocenters. The summed E-state index contributed by atoms with van der Waals surface area (Å²) in [6.45, 7) is 0. The van der Waals surface area contributed by atoms with Gasteiger partial charge in [0.15, 0.2) is 5.71 Å². The van der Waals surface area contributed by atoms with Gasteiger partial charge in [0.25, 0.3) is 6.04 Å². The molecule has 0 spiro atoms. The Balaban J connectivity index is 1.86. The first-order valence-corrected chi connectivity index (χ1v) is 7.76. The summed E-state index contributed by atoms with van der Waals surface area (Å²) in [7, 11) is 1.43. The van der Waals surface area contributed by atoms with Gasteiger partial charge in [-0.15, -0.1) is 0 Å². The number of hydrogen-bond acceptors (Lipinski definition) is 3. The summed E-state index contributed by atoms with van der Waals surface area (Å²) in [5, 5.41) is 12.6. The maximum atomic E-state index is 12.6. The molecule has 0 aromatic heterocycles. The van der Waals surface area contributed by atoms with E-state index in [1.807, 2.05) is 60.7 Å². The molecule has 1 aliphatic rings. The standard InChI is InChI=1S/C19H18N2O3/c1-24-19-16(12-14-8-4-2-5-9-14)20-18(22)17(21(19)23)13-15-10-6-3-7-11-15/h2-11,17H,12-13H2,1H3. The molecule has 0 bridgehead atoms. The van der Waals surface area contributed by atoms with E-state index in [1.54, 1.807) is 0 Å². The fraction of sp³-hybridized carbons (Fsp3) is 0.211. The Hall–Kier alpha value is -2.95. The normalized spacial score (nSPS) is 17.6. The number of ether oxygens (including phenoxy) is 1. The van der Waals surface area contributed by atoms with Crippen molar-refractivity contribution >= 4 is 17.5 Å². The van der Waals surface area contributed by atoms with Gasteiger partial charge in [-0.1, -0.05) is 60.7 Å². The van der Waals surface area contributed by atoms with Gasteiger partial charge in [0.2, 0.25) is 0 Å². The zero-order valence-electron chi connectivity index (χ0n) is 13.4. The fourth-order valence-electron chi connectivity index (χ4n) is 2.74. The van der Waals surface area contributed by atoms with Crippen LogP contribution in [0.1, 0.15) is 11.1 Å². The SMILES string of the molecule is COC1=[N+]([O-])C(Cc2ccccc2)C(=O)N=C1Cc1ccccc1. The van der Waals surface area contributed by atoms with Crippen LogP contribution in [0, 0.1) is 5.21 Å². The van der Waals surface area contributed by atoms with Gasteiger partial charge in [-0.3, -0.25) is 4.79 Å². The lowest BCUT2D eigenvalue weighted by molar-refractivity contribution is -0.493. The zero-order chi connectivity index (χ0) is 16.9. The fourth-order valence-corrected chi connectivity index (χ4v) is 2.74. The molecular weight excluding hydrogens is 304 g/mol. The molecule has 0 saturated heterocycles. The van der Waals surface area contributed by atoms with E-state index in [0.29, 0.717) is 23.3 Å². The van der Waals surface area contributed by atoms with Gasteiger partial charge < -0.3 is 9.94 Å². The molecule has 3 rings (SSSR count). The lowest BCUT2D eigenvalue weighted by Crippen LogP contribution is -2.44. The third-order valence-electron chi connectivity index (χ3n) is 3.94. The molecule has 2 aromatic rings. The van der Waals surface area contributed by atoms with Gasteiger partial charge in [0.1, 0.15) is 0 Å². The van der Waals surface area contributed by atoms with Crippen LogP contribution in [0.5, 0.6) is 0 Å². The predicted molar refractivity (Wildman–Crippen MR) is 92.2 cm³/mol. The number of hydrogen-bond donors (Lipinski definition) is 0. The molecule has 1 amide bonds. The number of methoxy groups -OCH3 is 1. The Morgan fingerprint density at radius 2 is 1.62 bits per heavy atom. The third kappa shape index (κ3) is 3.35. The molecule has 2 aromatic carbocycles. The molecule has 5 heteroatoms. The van der Waals surface area contributed by atoms with Crippen molar-refractivity contribution in [3.05, 3.63) is 77.0 Å². The van der Waals surface area contributed by atoms with Crippen LogP contribution in [0.3, 0.4) is 0 Å². The van der Waals surface area contributed by atoms with Crippen molar-refractivity contribution in [3.63, 3.8) is 0 Å². The summed E-state index contributed by atoms with van der Waals surface area (Å²) in [6.07, 6.45) is 0.685. The first kappa shape index (κ1) is 15.9. The van der Waals surface area contributed by atoms with Crippen LogP contribution in [0.25, 0.3) is 0 Å². The highest BCUT2D eigenvalue weighted by molar-refractivity contribution is 6.40. The van der Waals surface area contributed by atoms with Crippen molar-refractivity contribution in [1.29, 1.82) is 0 Å². The predicted octanol–water partition coefficient (Wildman–Crippen LogP) is 2.38. The highest BCUT2D eigenvalue weighted by Gasteiger charge is 2.37. The van der Waals surface area contributed by atoms with Gasteiger partial charge in [0.05, 0.1) is 7.11 Å². The van der Waals surface area contributed by atoms with Crippen LogP contribution in [-0.2, 0) is 22.4 Å². The minimum absolute atomic E-state index is 0.111. The Bertz CT molecular complexity index is 783. The number of hydroxylamine groups is 1. The van der Waals surface area contributed by atoms with Crippen LogP contribution in [0.2, 0.25) is 0 Å². The Kier molecular flexibility index (Phi) is 4.70. The van der Waals surface area contributed by atoms with E-state index in [0.717, 1.165) is 11.1 Å². The molecular formula is C19H18N2O3. The summed E-state index contributed by atoms with van der Waals surface area (Å²) >= 11 is 0. The van der Waals surface area contributed by atoms with E-state index in [9.17, 15) is 10.0 Å². The lowest BCUT2D eigenvalue weighted by atomic mass is 10.0. The van der Waals surface area contributed by atoms with Crippen LogP contribution < -0.4 is 0 Å². The molecule has 0 radical (unpaired) electrons. The number of carbonyl (C=O) groups is 1. The smallest absolute Gasteiger partial charge is 0.397 e. The number of carbonyl (C=O) groups excluding carboxylic acids is 1. The second-order valence-corrected chi connectivity index (χ2v) is 5.60. The zero-order valence-corrected chi connectivity index (χ0v) is 13.4. The quantitative estimate of drug-likeness (QED) is 0.641. The summed E-state index contributed by atoms with van der Waals surface area (Å²) in [4.78, 5) is 16.5. The van der Waals surface area contributed by atoms with Crippen molar-refractivity contribution < 1.29 is 14.3 Å². The van der Waals surface area contributed by atoms with Crippen molar-refractivity contribution in [3.8, 4) is 0 Å². The van der Waals surface area contributed by atoms with Gasteiger partial charge in [-0.2, -0.15) is 4.74 Å². The highest BCUT2D eigenvalue weighted by Crippen LogP contribution is 2.14. The topological polar surface area (TPSA) is 64.7 Å².